The molecule has 0 amide bonds. The first-order chi connectivity index (χ1) is 11.5. The van der Waals surface area contributed by atoms with Gasteiger partial charge < -0.3 is 15.6 Å². The fraction of sp³-hybridized carbons (Fsp3) is 0.579. The Bertz CT molecular complexity index is 505. The van der Waals surface area contributed by atoms with Gasteiger partial charge in [0.2, 0.25) is 0 Å². The normalized spacial score (nSPS) is 11.4. The number of nitrogens with two attached hydrogens (primary N) is 1. The molecule has 1 aromatic rings. The van der Waals surface area contributed by atoms with Crippen LogP contribution in [-0.4, -0.2) is 52.6 Å². The van der Waals surface area contributed by atoms with Gasteiger partial charge in [-0.05, 0) is 30.5 Å². The van der Waals surface area contributed by atoms with Gasteiger partial charge in [0.25, 0.3) is 0 Å². The van der Waals surface area contributed by atoms with E-state index >= 15 is 0 Å². The number of ether oxygens (including phenoxy) is 1. The SMILES string of the molecule is CCCCCCCCCC(=O)Oc1ccc(C[C@H](N)C(=O)O)cc1.[Na]. The van der Waals surface area contributed by atoms with Crippen molar-refractivity contribution >= 4 is 41.5 Å². The van der Waals surface area contributed by atoms with Crippen molar-refractivity contribution in [3.05, 3.63) is 29.8 Å². The first-order valence-corrected chi connectivity index (χ1v) is 8.81. The van der Waals surface area contributed by atoms with E-state index in [4.69, 9.17) is 15.6 Å². The van der Waals surface area contributed by atoms with Crippen LogP contribution in [0.2, 0.25) is 0 Å². The number of carbonyl (C=O) groups excluding carboxylic acids is 1. The summed E-state index contributed by atoms with van der Waals surface area (Å²) >= 11 is 0. The second-order valence-electron chi connectivity index (χ2n) is 6.14. The van der Waals surface area contributed by atoms with Crippen LogP contribution in [0.3, 0.4) is 0 Å². The van der Waals surface area contributed by atoms with Crippen LogP contribution in [0.1, 0.15) is 63.9 Å². The molecule has 1 atom stereocenters. The van der Waals surface area contributed by atoms with Gasteiger partial charge >= 0.3 is 11.9 Å². The predicted octanol–water partition coefficient (Wildman–Crippen LogP) is 3.31. The van der Waals surface area contributed by atoms with Crippen LogP contribution in [0.15, 0.2) is 24.3 Å². The van der Waals surface area contributed by atoms with Crippen molar-refractivity contribution in [2.75, 3.05) is 0 Å². The largest absolute Gasteiger partial charge is 0.480 e. The van der Waals surface area contributed by atoms with E-state index in [1.165, 1.54) is 32.1 Å². The Morgan fingerprint density at radius 2 is 1.60 bits per heavy atom. The van der Waals surface area contributed by atoms with E-state index in [9.17, 15) is 9.59 Å². The molecule has 0 unspecified atom stereocenters. The van der Waals surface area contributed by atoms with Crippen molar-refractivity contribution in [1.29, 1.82) is 0 Å². The minimum Gasteiger partial charge on any atom is -0.480 e. The molecule has 1 rings (SSSR count). The molecular weight excluding hydrogens is 329 g/mol. The molecular formula is C19H29NNaO4. The molecule has 1 aromatic carbocycles. The molecule has 0 aliphatic carbocycles. The van der Waals surface area contributed by atoms with Crippen LogP contribution in [0, 0.1) is 0 Å². The van der Waals surface area contributed by atoms with Crippen molar-refractivity contribution in [3.8, 4) is 5.75 Å². The van der Waals surface area contributed by atoms with Gasteiger partial charge in [-0.3, -0.25) is 9.59 Å². The van der Waals surface area contributed by atoms with Crippen molar-refractivity contribution in [2.45, 2.75) is 70.8 Å². The third-order valence-electron chi connectivity index (χ3n) is 3.91. The number of carbonyl (C=O) groups is 2. The summed E-state index contributed by atoms with van der Waals surface area (Å²) in [5, 5.41) is 8.79. The van der Waals surface area contributed by atoms with E-state index in [-0.39, 0.29) is 41.9 Å². The zero-order chi connectivity index (χ0) is 17.8. The monoisotopic (exact) mass is 358 g/mol. The summed E-state index contributed by atoms with van der Waals surface area (Å²) < 4.78 is 5.28. The number of carboxylic acids is 1. The average Bonchev–Trinajstić information content (AvgIpc) is 2.55. The van der Waals surface area contributed by atoms with E-state index in [1.807, 2.05) is 0 Å². The van der Waals surface area contributed by atoms with Gasteiger partial charge in [-0.1, -0.05) is 57.6 Å². The number of aliphatic carboxylic acids is 1. The zero-order valence-electron chi connectivity index (χ0n) is 15.5. The first kappa shape index (κ1) is 24.1. The second-order valence-corrected chi connectivity index (χ2v) is 6.14. The molecule has 0 aliphatic rings. The molecule has 135 valence electrons. The van der Waals surface area contributed by atoms with Crippen molar-refractivity contribution < 1.29 is 19.4 Å². The molecule has 1 radical (unpaired) electrons. The van der Waals surface area contributed by atoms with Crippen molar-refractivity contribution in [2.24, 2.45) is 5.73 Å². The van der Waals surface area contributed by atoms with Gasteiger partial charge in [0.1, 0.15) is 11.8 Å². The summed E-state index contributed by atoms with van der Waals surface area (Å²) in [5.74, 6) is -0.769. The summed E-state index contributed by atoms with van der Waals surface area (Å²) in [7, 11) is 0. The minimum absolute atomic E-state index is 0. The summed E-state index contributed by atoms with van der Waals surface area (Å²) in [6, 6.07) is 5.90. The Labute approximate surface area is 172 Å². The molecule has 0 fully saturated rings. The van der Waals surface area contributed by atoms with Crippen LogP contribution in [-0.2, 0) is 16.0 Å². The summed E-state index contributed by atoms with van der Waals surface area (Å²) in [6.45, 7) is 2.20. The minimum atomic E-state index is -1.03. The number of benzene rings is 1. The molecule has 0 heterocycles. The molecule has 25 heavy (non-hydrogen) atoms. The fourth-order valence-electron chi connectivity index (χ4n) is 2.44. The Morgan fingerprint density at radius 1 is 1.04 bits per heavy atom. The third kappa shape index (κ3) is 11.4. The fourth-order valence-corrected chi connectivity index (χ4v) is 2.44. The van der Waals surface area contributed by atoms with Gasteiger partial charge in [-0.15, -0.1) is 0 Å². The number of hydrogen-bond donors (Lipinski definition) is 2. The maximum Gasteiger partial charge on any atom is 0.320 e. The average molecular weight is 358 g/mol. The van der Waals surface area contributed by atoms with E-state index in [0.717, 1.165) is 18.4 Å². The van der Waals surface area contributed by atoms with Crippen LogP contribution in [0.25, 0.3) is 0 Å². The van der Waals surface area contributed by atoms with E-state index in [1.54, 1.807) is 24.3 Å². The quantitative estimate of drug-likeness (QED) is 0.259. The van der Waals surface area contributed by atoms with Crippen LogP contribution in [0.5, 0.6) is 5.75 Å². The maximum absolute atomic E-state index is 11.8. The standard InChI is InChI=1S/C19H29NO4.Na/c1-2-3-4-5-6-7-8-9-18(21)24-16-12-10-15(11-13-16)14-17(20)19(22)23;/h10-13,17H,2-9,14,20H2,1H3,(H,22,23);/t17-;/m0./s1. The summed E-state index contributed by atoms with van der Waals surface area (Å²) in [5.41, 5.74) is 6.29. The molecule has 6 heteroatoms. The molecule has 5 nitrogen and oxygen atoms in total. The number of hydrogen-bond acceptors (Lipinski definition) is 4. The molecule has 0 spiro atoms. The van der Waals surface area contributed by atoms with Crippen LogP contribution in [0.4, 0.5) is 0 Å². The summed E-state index contributed by atoms with van der Waals surface area (Å²) in [6.07, 6.45) is 8.82. The number of rotatable bonds is 12. The van der Waals surface area contributed by atoms with E-state index in [2.05, 4.69) is 6.92 Å². The van der Waals surface area contributed by atoms with Crippen molar-refractivity contribution in [3.63, 3.8) is 0 Å². The van der Waals surface area contributed by atoms with E-state index < -0.39 is 12.0 Å². The second kappa shape index (κ2) is 14.3. The van der Waals surface area contributed by atoms with Gasteiger partial charge in [0.15, 0.2) is 0 Å². The molecule has 0 saturated heterocycles. The van der Waals surface area contributed by atoms with Gasteiger partial charge in [-0.2, -0.15) is 0 Å². The number of unbranched alkanes of at least 4 members (excludes halogenated alkanes) is 6. The van der Waals surface area contributed by atoms with E-state index in [0.29, 0.717) is 12.2 Å². The smallest absolute Gasteiger partial charge is 0.320 e. The zero-order valence-corrected chi connectivity index (χ0v) is 17.5. The molecule has 3 N–H and O–H groups in total. The molecule has 0 saturated carbocycles. The third-order valence-corrected chi connectivity index (χ3v) is 3.91. The first-order valence-electron chi connectivity index (χ1n) is 8.81. The Hall–Kier alpha value is -0.880. The molecule has 0 aromatic heterocycles. The predicted molar refractivity (Wildman–Crippen MR) is 99.8 cm³/mol. The van der Waals surface area contributed by atoms with Crippen molar-refractivity contribution in [1.82, 2.24) is 0 Å². The van der Waals surface area contributed by atoms with Gasteiger partial charge in [0.05, 0.1) is 0 Å². The molecule has 0 bridgehead atoms. The summed E-state index contributed by atoms with van der Waals surface area (Å²) in [4.78, 5) is 22.5. The van der Waals surface area contributed by atoms with Gasteiger partial charge in [-0.25, -0.2) is 0 Å². The number of carboxylic acid groups (broad SMARTS) is 1. The number of esters is 1. The van der Waals surface area contributed by atoms with Gasteiger partial charge in [0, 0.05) is 36.0 Å². The Morgan fingerprint density at radius 3 is 2.16 bits per heavy atom. The Balaban J connectivity index is 0.00000576. The Kier molecular flexibility index (Phi) is 13.8. The van der Waals surface area contributed by atoms with Crippen LogP contribution < -0.4 is 10.5 Å². The molecule has 0 aliphatic heterocycles. The van der Waals surface area contributed by atoms with Crippen LogP contribution >= 0.6 is 0 Å². The maximum atomic E-state index is 11.8. The topological polar surface area (TPSA) is 89.6 Å².